The maximum absolute atomic E-state index is 13.2. The highest BCUT2D eigenvalue weighted by atomic mass is 32.2. The molecule has 2 aliphatic rings. The van der Waals surface area contributed by atoms with Crippen molar-refractivity contribution in [1.82, 2.24) is 44.6 Å². The molecule has 1 aliphatic heterocycles. The van der Waals surface area contributed by atoms with Crippen molar-refractivity contribution in [3.8, 4) is 44.5 Å². The van der Waals surface area contributed by atoms with Crippen LogP contribution in [0.3, 0.4) is 0 Å². The molecular formula is C43H46N12O2S5. The van der Waals surface area contributed by atoms with Gasteiger partial charge in [-0.2, -0.15) is 0 Å². The Morgan fingerprint density at radius 3 is 2.15 bits per heavy atom. The fraction of sp³-hybridized carbons (Fsp3) is 0.326. The number of fused-ring (bicyclic) bond motifs is 2. The Bertz CT molecular complexity index is 2880. The zero-order chi connectivity index (χ0) is 42.9. The van der Waals surface area contributed by atoms with E-state index < -0.39 is 21.6 Å². The lowest BCUT2D eigenvalue weighted by Gasteiger charge is -2.32. The number of thiazole rings is 1. The molecule has 1 saturated carbocycles. The van der Waals surface area contributed by atoms with Crippen molar-refractivity contribution in [2.45, 2.75) is 52.7 Å². The third-order valence-electron chi connectivity index (χ3n) is 11.2. The third kappa shape index (κ3) is 8.40. The molecule has 10 rings (SSSR count). The summed E-state index contributed by atoms with van der Waals surface area (Å²) < 4.78 is 29.2. The number of piperazine rings is 1. The molecule has 2 fully saturated rings. The van der Waals surface area contributed by atoms with Gasteiger partial charge in [-0.1, -0.05) is 50.1 Å². The minimum absolute atomic E-state index is 0.209. The number of nitrogens with zero attached hydrogens (tertiary/aromatic N) is 10. The summed E-state index contributed by atoms with van der Waals surface area (Å²) in [5, 5.41) is 12.9. The zero-order valence-corrected chi connectivity index (χ0v) is 38.6. The first-order chi connectivity index (χ1) is 30.2. The first-order valence-electron chi connectivity index (χ1n) is 20.5. The minimum atomic E-state index is -1.13. The molecule has 19 heteroatoms. The van der Waals surface area contributed by atoms with Gasteiger partial charge >= 0.3 is 0 Å². The molecule has 7 aromatic heterocycles. The number of nitrogen functional groups attached to an aromatic ring is 2. The number of hydrogen-bond acceptors (Lipinski definition) is 16. The fourth-order valence-electron chi connectivity index (χ4n) is 7.40. The average molecular weight is 923 g/mol. The number of hydrogen-bond donors (Lipinski definition) is 2. The van der Waals surface area contributed by atoms with Crippen molar-refractivity contribution in [2.24, 2.45) is 7.05 Å². The number of unbranched alkanes of at least 4 members (excludes halogenated alkanes) is 1. The smallest absolute Gasteiger partial charge is 0.225 e. The Hall–Kier alpha value is -5.05. The van der Waals surface area contributed by atoms with Crippen molar-refractivity contribution in [3.63, 3.8) is 0 Å². The normalized spacial score (nSPS) is 15.7. The minimum Gasteiger partial charge on any atom is -0.396 e. The first-order valence-corrected chi connectivity index (χ1v) is 25.5. The highest BCUT2D eigenvalue weighted by molar-refractivity contribution is 7.88. The lowest BCUT2D eigenvalue weighted by atomic mass is 10.00. The number of nitrogens with two attached hydrogens (primary N) is 2. The van der Waals surface area contributed by atoms with E-state index in [1.807, 2.05) is 53.7 Å². The highest BCUT2D eigenvalue weighted by Crippen LogP contribution is 2.45. The molecule has 320 valence electrons. The molecule has 8 aromatic rings. The van der Waals surface area contributed by atoms with Crippen molar-refractivity contribution in [3.05, 3.63) is 72.8 Å². The van der Waals surface area contributed by atoms with Crippen molar-refractivity contribution in [1.29, 1.82) is 0 Å². The second-order valence-corrected chi connectivity index (χ2v) is 21.9. The molecule has 1 saturated heterocycles. The van der Waals surface area contributed by atoms with Crippen LogP contribution in [0.1, 0.15) is 39.0 Å². The Kier molecular flexibility index (Phi) is 12.5. The van der Waals surface area contributed by atoms with Gasteiger partial charge in [0.1, 0.15) is 35.1 Å². The van der Waals surface area contributed by atoms with Crippen LogP contribution in [-0.2, 0) is 28.6 Å². The molecule has 0 bridgehead atoms. The van der Waals surface area contributed by atoms with Crippen LogP contribution in [0.15, 0.2) is 81.2 Å². The van der Waals surface area contributed by atoms with Gasteiger partial charge in [0.2, 0.25) is 5.95 Å². The third-order valence-corrected chi connectivity index (χ3v) is 18.3. The van der Waals surface area contributed by atoms with Gasteiger partial charge in [-0.25, -0.2) is 24.9 Å². The molecule has 0 amide bonds. The molecule has 1 aromatic carbocycles. The molecule has 4 N–H and O–H groups in total. The molecule has 0 radical (unpaired) electrons. The van der Waals surface area contributed by atoms with E-state index in [4.69, 9.17) is 21.4 Å². The van der Waals surface area contributed by atoms with E-state index in [9.17, 15) is 8.42 Å². The quantitative estimate of drug-likeness (QED) is 0.127. The number of aryl methyl sites for hydroxylation is 1. The predicted molar refractivity (Wildman–Crippen MR) is 256 cm³/mol. The summed E-state index contributed by atoms with van der Waals surface area (Å²) in [5.41, 5.74) is 19.5. The number of aromatic nitrogens is 8. The van der Waals surface area contributed by atoms with Gasteiger partial charge in [-0.05, 0) is 49.6 Å². The van der Waals surface area contributed by atoms with Crippen LogP contribution in [0.5, 0.6) is 0 Å². The van der Waals surface area contributed by atoms with Gasteiger partial charge in [0.15, 0.2) is 5.82 Å². The van der Waals surface area contributed by atoms with Gasteiger partial charge in [0.25, 0.3) is 0 Å². The molecule has 14 nitrogen and oxygen atoms in total. The van der Waals surface area contributed by atoms with E-state index in [1.165, 1.54) is 34.0 Å². The SMILES string of the molecule is CCCC[S@@](=O)c1sc2nc(-c3nccs3)cc(-c3nncn3C)c2c1N.CN1CCN(c2ncc(-c3cc(-c4ccccc4)c4c(N)c(S(=O)C5CCC5)sc4n3)cn2)CC1. The van der Waals surface area contributed by atoms with Crippen LogP contribution in [-0.4, -0.2) is 97.2 Å². The first kappa shape index (κ1) is 42.3. The maximum atomic E-state index is 13.2. The van der Waals surface area contributed by atoms with E-state index in [-0.39, 0.29) is 5.25 Å². The monoisotopic (exact) mass is 922 g/mol. The van der Waals surface area contributed by atoms with Crippen LogP contribution in [0.25, 0.3) is 64.9 Å². The Morgan fingerprint density at radius 1 is 0.823 bits per heavy atom. The molecular weight excluding hydrogens is 877 g/mol. The number of rotatable bonds is 11. The summed E-state index contributed by atoms with van der Waals surface area (Å²) in [7, 11) is 1.80. The molecule has 62 heavy (non-hydrogen) atoms. The highest BCUT2D eigenvalue weighted by Gasteiger charge is 2.30. The van der Waals surface area contributed by atoms with Crippen LogP contribution in [0.4, 0.5) is 17.3 Å². The Morgan fingerprint density at radius 2 is 1.50 bits per heavy atom. The van der Waals surface area contributed by atoms with Crippen LogP contribution in [0.2, 0.25) is 0 Å². The van der Waals surface area contributed by atoms with Crippen molar-refractivity contribution in [2.75, 3.05) is 55.3 Å². The summed E-state index contributed by atoms with van der Waals surface area (Å²) in [4.78, 5) is 29.5. The summed E-state index contributed by atoms with van der Waals surface area (Å²) in [5.74, 6) is 2.05. The average Bonchev–Trinajstić information content (AvgIpc) is 4.10. The van der Waals surface area contributed by atoms with E-state index >= 15 is 0 Å². The Labute approximate surface area is 376 Å². The van der Waals surface area contributed by atoms with Crippen molar-refractivity contribution < 1.29 is 8.42 Å². The number of anilines is 3. The topological polar surface area (TPSA) is 188 Å². The van der Waals surface area contributed by atoms with Crippen LogP contribution >= 0.6 is 34.0 Å². The van der Waals surface area contributed by atoms with Gasteiger partial charge in [0, 0.05) is 90.1 Å². The number of pyridine rings is 2. The zero-order valence-electron chi connectivity index (χ0n) is 34.6. The van der Waals surface area contributed by atoms with Gasteiger partial charge in [-0.3, -0.25) is 8.42 Å². The maximum Gasteiger partial charge on any atom is 0.225 e. The van der Waals surface area contributed by atoms with Gasteiger partial charge < -0.3 is 25.8 Å². The largest absolute Gasteiger partial charge is 0.396 e. The van der Waals surface area contributed by atoms with Gasteiger partial charge in [-0.15, -0.1) is 44.2 Å². The second kappa shape index (κ2) is 18.4. The lowest BCUT2D eigenvalue weighted by Crippen LogP contribution is -2.45. The molecule has 2 atom stereocenters. The molecule has 8 heterocycles. The number of thiophene rings is 2. The molecule has 1 unspecified atom stereocenters. The van der Waals surface area contributed by atoms with E-state index in [1.54, 1.807) is 12.5 Å². The fourth-order valence-corrected chi connectivity index (χ4v) is 14.0. The second-order valence-electron chi connectivity index (χ2n) is 15.4. The summed E-state index contributed by atoms with van der Waals surface area (Å²) >= 11 is 4.38. The lowest BCUT2D eigenvalue weighted by molar-refractivity contribution is 0.311. The standard InChI is InChI=1S/C26H28N6OS2.C17H18N6OS3/c1-31-10-12-32(13-11-31)26-28-15-18(16-29-26)21-14-20(17-6-3-2-4-7-17)22-23(27)25(34-24(22)30-21)35(33)19-8-5-9-19;1-3-4-7-27(24)17-13(18)12-10(14-22-20-9-23(14)2)8-11(21-16(12)26-17)15-19-5-6-25-15/h2-4,6-7,14-16,19H,5,8-13,27H2,1H3;5-6,8-9H,3-4,7,18H2,1-2H3/t;27-/m.1/s1. The molecule has 0 spiro atoms. The van der Waals surface area contributed by atoms with Crippen LogP contribution in [0, 0.1) is 0 Å². The summed E-state index contributed by atoms with van der Waals surface area (Å²) in [6, 6.07) is 14.2. The van der Waals surface area contributed by atoms with Gasteiger partial charge in [0.05, 0.1) is 38.7 Å². The van der Waals surface area contributed by atoms with E-state index in [2.05, 4.69) is 67.1 Å². The number of benzene rings is 1. The summed E-state index contributed by atoms with van der Waals surface area (Å²) in [6.07, 6.45) is 12.1. The molecule has 1 aliphatic carbocycles. The Balaban J connectivity index is 0.000000164. The predicted octanol–water partition coefficient (Wildman–Crippen LogP) is 8.12. The van der Waals surface area contributed by atoms with E-state index in [0.29, 0.717) is 27.2 Å². The number of likely N-dealkylation sites (N-methyl/N-ethyl adjacent to an activating group) is 1. The van der Waals surface area contributed by atoms with Crippen LogP contribution < -0.4 is 16.4 Å². The van der Waals surface area contributed by atoms with E-state index in [0.717, 1.165) is 128 Å². The van der Waals surface area contributed by atoms with Crippen molar-refractivity contribution >= 4 is 93.4 Å². The summed E-state index contributed by atoms with van der Waals surface area (Å²) in [6.45, 7) is 5.95.